The zero-order valence-electron chi connectivity index (χ0n) is 13.3. The van der Waals surface area contributed by atoms with Gasteiger partial charge in [0.1, 0.15) is 0 Å². The number of carbonyl (C=O) groups excluding carboxylic acids is 1. The Morgan fingerprint density at radius 2 is 2.27 bits per heavy atom. The molecule has 22 heavy (non-hydrogen) atoms. The molecule has 0 aliphatic carbocycles. The number of ether oxygens (including phenoxy) is 2. The quantitative estimate of drug-likeness (QED) is 0.903. The van der Waals surface area contributed by atoms with E-state index in [0.29, 0.717) is 35.2 Å². The maximum atomic E-state index is 12.7. The highest BCUT2D eigenvalue weighted by atomic mass is 35.5. The first-order valence-electron chi connectivity index (χ1n) is 7.60. The summed E-state index contributed by atoms with van der Waals surface area (Å²) in [7, 11) is 1.55. The van der Waals surface area contributed by atoms with Gasteiger partial charge in [-0.05, 0) is 25.5 Å². The van der Waals surface area contributed by atoms with Gasteiger partial charge >= 0.3 is 0 Å². The Labute approximate surface area is 136 Å². The summed E-state index contributed by atoms with van der Waals surface area (Å²) in [6.45, 7) is 6.89. The molecule has 0 spiro atoms. The number of hydrogen-bond acceptors (Lipinski definition) is 4. The first kappa shape index (κ1) is 16.9. The molecule has 1 N–H and O–H groups in total. The zero-order chi connectivity index (χ0) is 16.1. The van der Waals surface area contributed by atoms with E-state index in [1.54, 1.807) is 19.2 Å². The first-order chi connectivity index (χ1) is 10.6. The molecule has 122 valence electrons. The zero-order valence-corrected chi connectivity index (χ0v) is 14.1. The van der Waals surface area contributed by atoms with Crippen molar-refractivity contribution < 1.29 is 14.3 Å². The monoisotopic (exact) mass is 326 g/mol. The van der Waals surface area contributed by atoms with Crippen LogP contribution in [0.25, 0.3) is 0 Å². The maximum Gasteiger partial charge on any atom is 0.254 e. The third-order valence-electron chi connectivity index (χ3n) is 3.69. The Morgan fingerprint density at radius 3 is 2.91 bits per heavy atom. The highest BCUT2D eigenvalue weighted by molar-refractivity contribution is 6.32. The van der Waals surface area contributed by atoms with E-state index in [-0.39, 0.29) is 11.9 Å². The topological polar surface area (TPSA) is 50.8 Å². The van der Waals surface area contributed by atoms with E-state index in [0.717, 1.165) is 19.5 Å². The van der Waals surface area contributed by atoms with Crippen LogP contribution in [-0.4, -0.2) is 50.2 Å². The van der Waals surface area contributed by atoms with E-state index in [1.165, 1.54) is 0 Å². The standard InChI is InChI=1S/C16H23ClN2O3/c1-4-7-22-15-13(17)8-12(9-14(15)21-3)16(20)19-6-5-18-10-11(19)2/h8-9,11,18H,4-7,10H2,1-3H3/t11-/m0/s1. The average molecular weight is 327 g/mol. The molecule has 0 unspecified atom stereocenters. The number of benzene rings is 1. The van der Waals surface area contributed by atoms with Gasteiger partial charge < -0.3 is 19.7 Å². The van der Waals surface area contributed by atoms with Crippen molar-refractivity contribution in [2.24, 2.45) is 0 Å². The molecule has 1 aromatic carbocycles. The minimum Gasteiger partial charge on any atom is -0.493 e. The number of rotatable bonds is 5. The van der Waals surface area contributed by atoms with Gasteiger partial charge in [0.15, 0.2) is 11.5 Å². The second-order valence-corrected chi connectivity index (χ2v) is 5.80. The number of nitrogens with zero attached hydrogens (tertiary/aromatic N) is 1. The largest absolute Gasteiger partial charge is 0.493 e. The van der Waals surface area contributed by atoms with Crippen molar-refractivity contribution >= 4 is 17.5 Å². The molecule has 0 saturated carbocycles. The van der Waals surface area contributed by atoms with Crippen LogP contribution in [0.4, 0.5) is 0 Å². The lowest BCUT2D eigenvalue weighted by molar-refractivity contribution is 0.0655. The summed E-state index contributed by atoms with van der Waals surface area (Å²) >= 11 is 6.28. The van der Waals surface area contributed by atoms with Crippen LogP contribution >= 0.6 is 11.6 Å². The fourth-order valence-electron chi connectivity index (χ4n) is 2.50. The number of hydrogen-bond donors (Lipinski definition) is 1. The third-order valence-corrected chi connectivity index (χ3v) is 3.97. The minimum atomic E-state index is -0.0313. The van der Waals surface area contributed by atoms with Crippen LogP contribution in [0.15, 0.2) is 12.1 Å². The summed E-state index contributed by atoms with van der Waals surface area (Å²) in [5.41, 5.74) is 0.527. The van der Waals surface area contributed by atoms with Crippen molar-refractivity contribution in [3.8, 4) is 11.5 Å². The van der Waals surface area contributed by atoms with Crippen LogP contribution in [0.3, 0.4) is 0 Å². The lowest BCUT2D eigenvalue weighted by Gasteiger charge is -2.34. The number of methoxy groups -OCH3 is 1. The molecule has 1 saturated heterocycles. The fraction of sp³-hybridized carbons (Fsp3) is 0.562. The molecule has 0 radical (unpaired) electrons. The van der Waals surface area contributed by atoms with Crippen molar-refractivity contribution in [3.05, 3.63) is 22.7 Å². The van der Waals surface area contributed by atoms with Crippen LogP contribution in [-0.2, 0) is 0 Å². The van der Waals surface area contributed by atoms with Crippen molar-refractivity contribution in [3.63, 3.8) is 0 Å². The van der Waals surface area contributed by atoms with Gasteiger partial charge in [0.05, 0.1) is 18.7 Å². The molecular formula is C16H23ClN2O3. The Balaban J connectivity index is 2.27. The van der Waals surface area contributed by atoms with Crippen LogP contribution in [0.2, 0.25) is 5.02 Å². The number of amides is 1. The molecule has 0 aromatic heterocycles. The lowest BCUT2D eigenvalue weighted by Crippen LogP contribution is -2.52. The summed E-state index contributed by atoms with van der Waals surface area (Å²) in [5.74, 6) is 0.958. The average Bonchev–Trinajstić information content (AvgIpc) is 2.53. The molecule has 5 nitrogen and oxygen atoms in total. The smallest absolute Gasteiger partial charge is 0.254 e. The highest BCUT2D eigenvalue weighted by Gasteiger charge is 2.25. The van der Waals surface area contributed by atoms with Crippen molar-refractivity contribution in [1.82, 2.24) is 10.2 Å². The summed E-state index contributed by atoms with van der Waals surface area (Å²) in [4.78, 5) is 14.6. The normalized spacial score (nSPS) is 18.2. The predicted octanol–water partition coefficient (Wildman–Crippen LogP) is 2.57. The van der Waals surface area contributed by atoms with Gasteiger partial charge in [0.2, 0.25) is 0 Å². The summed E-state index contributed by atoms with van der Waals surface area (Å²) in [5, 5.41) is 3.67. The van der Waals surface area contributed by atoms with Crippen LogP contribution in [0.1, 0.15) is 30.6 Å². The number of carbonyl (C=O) groups is 1. The summed E-state index contributed by atoms with van der Waals surface area (Å²) in [6.07, 6.45) is 0.873. The molecule has 1 aliphatic rings. The second-order valence-electron chi connectivity index (χ2n) is 5.39. The Morgan fingerprint density at radius 1 is 1.50 bits per heavy atom. The number of nitrogens with one attached hydrogen (secondary N) is 1. The molecule has 1 aromatic rings. The van der Waals surface area contributed by atoms with Gasteiger partial charge in [-0.2, -0.15) is 0 Å². The van der Waals surface area contributed by atoms with Crippen LogP contribution in [0.5, 0.6) is 11.5 Å². The lowest BCUT2D eigenvalue weighted by atomic mass is 10.1. The number of piperazine rings is 1. The second kappa shape index (κ2) is 7.70. The van der Waals surface area contributed by atoms with Gasteiger partial charge in [-0.15, -0.1) is 0 Å². The fourth-order valence-corrected chi connectivity index (χ4v) is 2.76. The summed E-state index contributed by atoms with van der Waals surface area (Å²) in [6, 6.07) is 3.52. The minimum absolute atomic E-state index is 0.0313. The van der Waals surface area contributed by atoms with E-state index < -0.39 is 0 Å². The first-order valence-corrected chi connectivity index (χ1v) is 7.98. The molecule has 1 aliphatic heterocycles. The van der Waals surface area contributed by atoms with E-state index >= 15 is 0 Å². The third kappa shape index (κ3) is 3.65. The molecule has 1 amide bonds. The van der Waals surface area contributed by atoms with Crippen LogP contribution in [0, 0.1) is 0 Å². The van der Waals surface area contributed by atoms with Crippen molar-refractivity contribution in [2.45, 2.75) is 26.3 Å². The van der Waals surface area contributed by atoms with Gasteiger partial charge in [-0.1, -0.05) is 18.5 Å². The van der Waals surface area contributed by atoms with Gasteiger partial charge in [-0.25, -0.2) is 0 Å². The van der Waals surface area contributed by atoms with Crippen LogP contribution < -0.4 is 14.8 Å². The SMILES string of the molecule is CCCOc1c(Cl)cc(C(=O)N2CCNC[C@@H]2C)cc1OC. The van der Waals surface area contributed by atoms with E-state index in [4.69, 9.17) is 21.1 Å². The highest BCUT2D eigenvalue weighted by Crippen LogP contribution is 2.37. The summed E-state index contributed by atoms with van der Waals surface area (Å²) < 4.78 is 11.0. The van der Waals surface area contributed by atoms with Gasteiger partial charge in [-0.3, -0.25) is 4.79 Å². The molecular weight excluding hydrogens is 304 g/mol. The van der Waals surface area contributed by atoms with E-state index in [2.05, 4.69) is 5.32 Å². The molecule has 6 heteroatoms. The van der Waals surface area contributed by atoms with Gasteiger partial charge in [0, 0.05) is 31.2 Å². The molecule has 1 heterocycles. The maximum absolute atomic E-state index is 12.7. The Kier molecular flexibility index (Phi) is 5.91. The molecule has 1 atom stereocenters. The molecule has 2 rings (SSSR count). The van der Waals surface area contributed by atoms with Crippen molar-refractivity contribution in [1.29, 1.82) is 0 Å². The Hall–Kier alpha value is -1.46. The van der Waals surface area contributed by atoms with Crippen molar-refractivity contribution in [2.75, 3.05) is 33.4 Å². The molecule has 1 fully saturated rings. The predicted molar refractivity (Wildman–Crippen MR) is 87.2 cm³/mol. The van der Waals surface area contributed by atoms with Gasteiger partial charge in [0.25, 0.3) is 5.91 Å². The molecule has 0 bridgehead atoms. The Bertz CT molecular complexity index is 536. The number of halogens is 1. The van der Waals surface area contributed by atoms with E-state index in [1.807, 2.05) is 18.7 Å². The van der Waals surface area contributed by atoms with E-state index in [9.17, 15) is 4.79 Å².